The van der Waals surface area contributed by atoms with Crippen LogP contribution in [0.15, 0.2) is 0 Å². The SMILES string of the molecule is O=C(CC1CCS(=O)(=O)C1)NCC1(O)CCOC1. The van der Waals surface area contributed by atoms with Crippen LogP contribution in [-0.4, -0.2) is 56.3 Å². The lowest BCUT2D eigenvalue weighted by Gasteiger charge is -2.21. The molecule has 2 aliphatic heterocycles. The summed E-state index contributed by atoms with van der Waals surface area (Å²) < 4.78 is 27.6. The Bertz CT molecular complexity index is 413. The van der Waals surface area contributed by atoms with E-state index in [9.17, 15) is 18.3 Å². The second-order valence-electron chi connectivity index (χ2n) is 5.28. The molecule has 0 aromatic heterocycles. The number of ether oxygens (including phenoxy) is 1. The summed E-state index contributed by atoms with van der Waals surface area (Å²) in [4.78, 5) is 11.7. The number of sulfone groups is 1. The van der Waals surface area contributed by atoms with Gasteiger partial charge in [0.15, 0.2) is 9.84 Å². The molecule has 104 valence electrons. The molecule has 2 N–H and O–H groups in total. The Morgan fingerprint density at radius 1 is 1.50 bits per heavy atom. The minimum absolute atomic E-state index is 0.0792. The van der Waals surface area contributed by atoms with Gasteiger partial charge in [-0.15, -0.1) is 0 Å². The maximum absolute atomic E-state index is 11.7. The standard InChI is InChI=1S/C11H19NO5S/c13-10(5-9-1-4-18(15,16)6-9)12-7-11(14)2-3-17-8-11/h9,14H,1-8H2,(H,12,13). The van der Waals surface area contributed by atoms with E-state index in [4.69, 9.17) is 4.74 Å². The molecule has 2 aliphatic rings. The molecule has 18 heavy (non-hydrogen) atoms. The van der Waals surface area contributed by atoms with Crippen molar-refractivity contribution in [1.82, 2.24) is 5.32 Å². The van der Waals surface area contributed by atoms with Gasteiger partial charge in [0, 0.05) is 26.0 Å². The zero-order chi connectivity index (χ0) is 13.2. The summed E-state index contributed by atoms with van der Waals surface area (Å²) >= 11 is 0. The maximum Gasteiger partial charge on any atom is 0.220 e. The van der Waals surface area contributed by atoms with Gasteiger partial charge in [0.05, 0.1) is 18.1 Å². The number of carbonyl (C=O) groups is 1. The lowest BCUT2D eigenvalue weighted by molar-refractivity contribution is -0.123. The molecule has 0 aliphatic carbocycles. The largest absolute Gasteiger partial charge is 0.386 e. The van der Waals surface area contributed by atoms with Gasteiger partial charge in [0.2, 0.25) is 5.91 Å². The van der Waals surface area contributed by atoms with Crippen LogP contribution in [0.3, 0.4) is 0 Å². The van der Waals surface area contributed by atoms with E-state index in [0.29, 0.717) is 19.4 Å². The summed E-state index contributed by atoms with van der Waals surface area (Å²) in [6, 6.07) is 0. The van der Waals surface area contributed by atoms with Crippen molar-refractivity contribution in [2.45, 2.75) is 24.9 Å². The Morgan fingerprint density at radius 3 is 2.83 bits per heavy atom. The fraction of sp³-hybridized carbons (Fsp3) is 0.909. The van der Waals surface area contributed by atoms with E-state index < -0.39 is 15.4 Å². The van der Waals surface area contributed by atoms with Crippen LogP contribution in [0.4, 0.5) is 0 Å². The highest BCUT2D eigenvalue weighted by Gasteiger charge is 2.33. The number of amides is 1. The van der Waals surface area contributed by atoms with Crippen molar-refractivity contribution < 1.29 is 23.1 Å². The molecule has 0 bridgehead atoms. The fourth-order valence-corrected chi connectivity index (χ4v) is 4.23. The smallest absolute Gasteiger partial charge is 0.220 e. The van der Waals surface area contributed by atoms with Gasteiger partial charge in [-0.1, -0.05) is 0 Å². The number of rotatable bonds is 4. The third-order valence-corrected chi connectivity index (χ3v) is 5.33. The predicted molar refractivity (Wildman–Crippen MR) is 64.8 cm³/mol. The van der Waals surface area contributed by atoms with Crippen LogP contribution in [0.25, 0.3) is 0 Å². The summed E-state index contributed by atoms with van der Waals surface area (Å²) in [7, 11) is -2.93. The van der Waals surface area contributed by atoms with Gasteiger partial charge >= 0.3 is 0 Å². The van der Waals surface area contributed by atoms with Crippen LogP contribution in [0.1, 0.15) is 19.3 Å². The average Bonchev–Trinajstić information content (AvgIpc) is 2.84. The lowest BCUT2D eigenvalue weighted by atomic mass is 10.0. The van der Waals surface area contributed by atoms with Gasteiger partial charge in [-0.25, -0.2) is 8.42 Å². The van der Waals surface area contributed by atoms with E-state index in [1.54, 1.807) is 0 Å². The Balaban J connectivity index is 1.73. The molecular weight excluding hydrogens is 258 g/mol. The van der Waals surface area contributed by atoms with Crippen LogP contribution in [-0.2, 0) is 19.4 Å². The summed E-state index contributed by atoms with van der Waals surface area (Å²) in [5.74, 6) is 0.0122. The third kappa shape index (κ3) is 3.66. The highest BCUT2D eigenvalue weighted by molar-refractivity contribution is 7.91. The second-order valence-corrected chi connectivity index (χ2v) is 7.51. The zero-order valence-corrected chi connectivity index (χ0v) is 11.0. The van der Waals surface area contributed by atoms with Gasteiger partial charge in [-0.2, -0.15) is 0 Å². The molecule has 2 heterocycles. The number of aliphatic hydroxyl groups is 1. The van der Waals surface area contributed by atoms with E-state index in [0.717, 1.165) is 0 Å². The Labute approximate surface area is 107 Å². The molecule has 2 saturated heterocycles. The van der Waals surface area contributed by atoms with E-state index in [1.165, 1.54) is 0 Å². The summed E-state index contributed by atoms with van der Waals surface area (Å²) in [6.07, 6.45) is 1.30. The van der Waals surface area contributed by atoms with Gasteiger partial charge < -0.3 is 15.2 Å². The van der Waals surface area contributed by atoms with Crippen molar-refractivity contribution >= 4 is 15.7 Å². The minimum Gasteiger partial charge on any atom is -0.386 e. The maximum atomic E-state index is 11.7. The van der Waals surface area contributed by atoms with Crippen molar-refractivity contribution in [2.75, 3.05) is 31.3 Å². The van der Waals surface area contributed by atoms with Gasteiger partial charge in [-0.3, -0.25) is 4.79 Å². The molecule has 0 aromatic carbocycles. The van der Waals surface area contributed by atoms with Gasteiger partial charge in [-0.05, 0) is 12.3 Å². The molecule has 0 saturated carbocycles. The molecular formula is C11H19NO5S. The first-order valence-corrected chi connectivity index (χ1v) is 7.98. The molecule has 0 radical (unpaired) electrons. The number of nitrogens with one attached hydrogen (secondary N) is 1. The van der Waals surface area contributed by atoms with E-state index in [-0.39, 0.29) is 42.9 Å². The van der Waals surface area contributed by atoms with E-state index in [2.05, 4.69) is 5.32 Å². The first-order chi connectivity index (χ1) is 8.39. The predicted octanol–water partition coefficient (Wildman–Crippen LogP) is -0.921. The first-order valence-electron chi connectivity index (χ1n) is 6.16. The Hall–Kier alpha value is -0.660. The molecule has 0 spiro atoms. The quantitative estimate of drug-likeness (QED) is 0.693. The summed E-state index contributed by atoms with van der Waals surface area (Å²) in [5, 5.41) is 12.6. The molecule has 6 nitrogen and oxygen atoms in total. The second kappa shape index (κ2) is 5.14. The molecule has 2 unspecified atom stereocenters. The van der Waals surface area contributed by atoms with Crippen molar-refractivity contribution in [3.63, 3.8) is 0 Å². The molecule has 2 fully saturated rings. The van der Waals surface area contributed by atoms with E-state index >= 15 is 0 Å². The van der Waals surface area contributed by atoms with Crippen molar-refractivity contribution in [3.05, 3.63) is 0 Å². The van der Waals surface area contributed by atoms with Crippen LogP contribution in [0.2, 0.25) is 0 Å². The van der Waals surface area contributed by atoms with Gasteiger partial charge in [0.25, 0.3) is 0 Å². The molecule has 2 rings (SSSR count). The monoisotopic (exact) mass is 277 g/mol. The summed E-state index contributed by atoms with van der Waals surface area (Å²) in [5.41, 5.74) is -0.961. The number of carbonyl (C=O) groups excluding carboxylic acids is 1. The number of hydrogen-bond donors (Lipinski definition) is 2. The van der Waals surface area contributed by atoms with Gasteiger partial charge in [0.1, 0.15) is 5.60 Å². The Morgan fingerprint density at radius 2 is 2.28 bits per heavy atom. The summed E-state index contributed by atoms with van der Waals surface area (Å²) in [6.45, 7) is 0.920. The van der Waals surface area contributed by atoms with Crippen LogP contribution < -0.4 is 5.32 Å². The molecule has 1 amide bonds. The fourth-order valence-electron chi connectivity index (χ4n) is 2.37. The topological polar surface area (TPSA) is 92.7 Å². The van der Waals surface area contributed by atoms with Crippen LogP contribution in [0, 0.1) is 5.92 Å². The molecule has 7 heteroatoms. The average molecular weight is 277 g/mol. The van der Waals surface area contributed by atoms with Crippen LogP contribution >= 0.6 is 0 Å². The van der Waals surface area contributed by atoms with Crippen molar-refractivity contribution in [3.8, 4) is 0 Å². The van der Waals surface area contributed by atoms with E-state index in [1.807, 2.05) is 0 Å². The number of hydrogen-bond acceptors (Lipinski definition) is 5. The minimum atomic E-state index is -2.93. The normalized spacial score (nSPS) is 34.6. The highest BCUT2D eigenvalue weighted by atomic mass is 32.2. The molecule has 2 atom stereocenters. The van der Waals surface area contributed by atoms with Crippen molar-refractivity contribution in [1.29, 1.82) is 0 Å². The zero-order valence-electron chi connectivity index (χ0n) is 10.2. The lowest BCUT2D eigenvalue weighted by Crippen LogP contribution is -2.43. The molecule has 0 aromatic rings. The van der Waals surface area contributed by atoms with Crippen molar-refractivity contribution in [2.24, 2.45) is 5.92 Å². The van der Waals surface area contributed by atoms with Crippen LogP contribution in [0.5, 0.6) is 0 Å². The third-order valence-electron chi connectivity index (χ3n) is 3.50. The highest BCUT2D eigenvalue weighted by Crippen LogP contribution is 2.22. The first kappa shape index (κ1) is 13.8. The Kier molecular flexibility index (Phi) is 3.93.